The molecule has 0 spiro atoms. The largest absolute Gasteiger partial charge is 0.356 e. The molecular formula is C16H24BrClN2O. The van der Waals surface area contributed by atoms with Crippen LogP contribution in [0.3, 0.4) is 0 Å². The van der Waals surface area contributed by atoms with Gasteiger partial charge < -0.3 is 11.1 Å². The average Bonchev–Trinajstić information content (AvgIpc) is 2.44. The van der Waals surface area contributed by atoms with Gasteiger partial charge in [-0.25, -0.2) is 0 Å². The lowest BCUT2D eigenvalue weighted by molar-refractivity contribution is -0.122. The van der Waals surface area contributed by atoms with Gasteiger partial charge in [-0.1, -0.05) is 40.9 Å². The van der Waals surface area contributed by atoms with Crippen molar-refractivity contribution in [3.8, 4) is 0 Å². The molecule has 0 bridgehead atoms. The van der Waals surface area contributed by atoms with Crippen LogP contribution in [0, 0.1) is 5.92 Å². The second-order valence-corrected chi connectivity index (χ2v) is 6.55. The molecule has 1 saturated carbocycles. The van der Waals surface area contributed by atoms with E-state index in [-0.39, 0.29) is 24.4 Å². The summed E-state index contributed by atoms with van der Waals surface area (Å²) in [6, 6.07) is 8.41. The zero-order chi connectivity index (χ0) is 14.4. The molecule has 1 aromatic rings. The van der Waals surface area contributed by atoms with E-state index in [2.05, 4.69) is 33.4 Å². The minimum absolute atomic E-state index is 0. The van der Waals surface area contributed by atoms with E-state index >= 15 is 0 Å². The minimum atomic E-state index is 0. The van der Waals surface area contributed by atoms with Gasteiger partial charge in [-0.05, 0) is 42.9 Å². The SMILES string of the molecule is Cl.NC1CCCCC1CC(=O)NCCc1ccc(Br)cc1. The second kappa shape index (κ2) is 9.44. The van der Waals surface area contributed by atoms with Gasteiger partial charge in [0.25, 0.3) is 0 Å². The van der Waals surface area contributed by atoms with Crippen molar-refractivity contribution in [1.29, 1.82) is 0 Å². The third-order valence-electron chi connectivity index (χ3n) is 4.06. The normalized spacial score (nSPS) is 21.4. The molecule has 1 aromatic carbocycles. The molecular weight excluding hydrogens is 352 g/mol. The molecule has 1 amide bonds. The monoisotopic (exact) mass is 374 g/mol. The molecule has 1 aliphatic rings. The summed E-state index contributed by atoms with van der Waals surface area (Å²) < 4.78 is 1.08. The van der Waals surface area contributed by atoms with Crippen molar-refractivity contribution in [1.82, 2.24) is 5.32 Å². The highest BCUT2D eigenvalue weighted by molar-refractivity contribution is 9.10. The Bertz CT molecular complexity index is 438. The van der Waals surface area contributed by atoms with Gasteiger partial charge in [-0.3, -0.25) is 4.79 Å². The van der Waals surface area contributed by atoms with Crippen LogP contribution in [0.2, 0.25) is 0 Å². The summed E-state index contributed by atoms with van der Waals surface area (Å²) in [6.45, 7) is 0.697. The number of nitrogens with one attached hydrogen (secondary N) is 1. The summed E-state index contributed by atoms with van der Waals surface area (Å²) in [5, 5.41) is 3.01. The summed E-state index contributed by atoms with van der Waals surface area (Å²) in [4.78, 5) is 11.9. The maximum absolute atomic E-state index is 11.9. The van der Waals surface area contributed by atoms with Gasteiger partial charge in [0.2, 0.25) is 5.91 Å². The molecule has 0 saturated heterocycles. The highest BCUT2D eigenvalue weighted by atomic mass is 79.9. The fourth-order valence-corrected chi connectivity index (χ4v) is 3.06. The third-order valence-corrected chi connectivity index (χ3v) is 4.59. The number of carbonyl (C=O) groups is 1. The summed E-state index contributed by atoms with van der Waals surface area (Å²) >= 11 is 3.42. The molecule has 2 atom stereocenters. The number of benzene rings is 1. The number of rotatable bonds is 5. The second-order valence-electron chi connectivity index (χ2n) is 5.64. The maximum Gasteiger partial charge on any atom is 0.220 e. The van der Waals surface area contributed by atoms with Crippen LogP contribution in [0.1, 0.15) is 37.7 Å². The summed E-state index contributed by atoms with van der Waals surface area (Å²) in [5.41, 5.74) is 7.32. The first-order valence-electron chi connectivity index (χ1n) is 7.42. The average molecular weight is 376 g/mol. The molecule has 2 unspecified atom stereocenters. The highest BCUT2D eigenvalue weighted by Crippen LogP contribution is 2.25. The standard InChI is InChI=1S/C16H23BrN2O.ClH/c17-14-7-5-12(6-8-14)9-10-19-16(20)11-13-3-1-2-4-15(13)18;/h5-8,13,15H,1-4,9-11,18H2,(H,19,20);1H. The number of halogens is 2. The van der Waals surface area contributed by atoms with Gasteiger partial charge in [-0.2, -0.15) is 0 Å². The van der Waals surface area contributed by atoms with Gasteiger partial charge in [0.1, 0.15) is 0 Å². The number of carbonyl (C=O) groups excluding carboxylic acids is 1. The van der Waals surface area contributed by atoms with E-state index in [1.807, 2.05) is 12.1 Å². The van der Waals surface area contributed by atoms with Crippen molar-refractivity contribution >= 4 is 34.2 Å². The van der Waals surface area contributed by atoms with Gasteiger partial charge in [0.05, 0.1) is 0 Å². The van der Waals surface area contributed by atoms with Crippen molar-refractivity contribution in [3.05, 3.63) is 34.3 Å². The van der Waals surface area contributed by atoms with E-state index in [0.717, 1.165) is 23.7 Å². The predicted molar refractivity (Wildman–Crippen MR) is 92.7 cm³/mol. The third kappa shape index (κ3) is 6.37. The molecule has 0 radical (unpaired) electrons. The topological polar surface area (TPSA) is 55.1 Å². The quantitative estimate of drug-likeness (QED) is 0.828. The van der Waals surface area contributed by atoms with Gasteiger partial charge >= 0.3 is 0 Å². The van der Waals surface area contributed by atoms with E-state index < -0.39 is 0 Å². The summed E-state index contributed by atoms with van der Waals surface area (Å²) in [7, 11) is 0. The number of hydrogen-bond donors (Lipinski definition) is 2. The van der Waals surface area contributed by atoms with Crippen molar-refractivity contribution in [2.24, 2.45) is 11.7 Å². The van der Waals surface area contributed by atoms with Crippen LogP contribution in [0.5, 0.6) is 0 Å². The Morgan fingerprint density at radius 2 is 1.90 bits per heavy atom. The van der Waals surface area contributed by atoms with E-state index in [9.17, 15) is 4.79 Å². The van der Waals surface area contributed by atoms with Crippen molar-refractivity contribution < 1.29 is 4.79 Å². The van der Waals surface area contributed by atoms with Gasteiger partial charge in [0.15, 0.2) is 0 Å². The molecule has 1 fully saturated rings. The first-order valence-corrected chi connectivity index (χ1v) is 8.21. The Kier molecular flexibility index (Phi) is 8.30. The van der Waals surface area contributed by atoms with Crippen LogP contribution in [0.15, 0.2) is 28.7 Å². The first kappa shape index (κ1) is 18.5. The van der Waals surface area contributed by atoms with Crippen LogP contribution in [-0.4, -0.2) is 18.5 Å². The Labute approximate surface area is 141 Å². The van der Waals surface area contributed by atoms with Crippen molar-refractivity contribution in [2.45, 2.75) is 44.6 Å². The van der Waals surface area contributed by atoms with Gasteiger partial charge in [-0.15, -0.1) is 12.4 Å². The number of amides is 1. The lowest BCUT2D eigenvalue weighted by Crippen LogP contribution is -2.37. The molecule has 118 valence electrons. The van der Waals surface area contributed by atoms with Crippen LogP contribution in [0.4, 0.5) is 0 Å². The molecule has 5 heteroatoms. The molecule has 0 aliphatic heterocycles. The zero-order valence-corrected chi connectivity index (χ0v) is 14.6. The fourth-order valence-electron chi connectivity index (χ4n) is 2.80. The molecule has 3 N–H and O–H groups in total. The number of hydrogen-bond acceptors (Lipinski definition) is 2. The first-order chi connectivity index (χ1) is 9.65. The summed E-state index contributed by atoms with van der Waals surface area (Å²) in [5.74, 6) is 0.515. The van der Waals surface area contributed by atoms with Crippen LogP contribution in [-0.2, 0) is 11.2 Å². The smallest absolute Gasteiger partial charge is 0.220 e. The van der Waals surface area contributed by atoms with E-state index in [1.165, 1.54) is 18.4 Å². The van der Waals surface area contributed by atoms with Crippen LogP contribution >= 0.6 is 28.3 Å². The molecule has 0 heterocycles. The minimum Gasteiger partial charge on any atom is -0.356 e. The Morgan fingerprint density at radius 1 is 1.24 bits per heavy atom. The zero-order valence-electron chi connectivity index (χ0n) is 12.2. The number of nitrogens with two attached hydrogens (primary N) is 1. The predicted octanol–water partition coefficient (Wildman–Crippen LogP) is 3.44. The van der Waals surface area contributed by atoms with Gasteiger partial charge in [0, 0.05) is 23.5 Å². The molecule has 2 rings (SSSR count). The van der Waals surface area contributed by atoms with E-state index in [4.69, 9.17) is 5.73 Å². The lowest BCUT2D eigenvalue weighted by atomic mass is 9.83. The van der Waals surface area contributed by atoms with Crippen molar-refractivity contribution in [2.75, 3.05) is 6.54 Å². The van der Waals surface area contributed by atoms with Crippen LogP contribution < -0.4 is 11.1 Å². The van der Waals surface area contributed by atoms with E-state index in [1.54, 1.807) is 0 Å². The van der Waals surface area contributed by atoms with Crippen LogP contribution in [0.25, 0.3) is 0 Å². The molecule has 3 nitrogen and oxygen atoms in total. The molecule has 0 aromatic heterocycles. The molecule has 21 heavy (non-hydrogen) atoms. The Morgan fingerprint density at radius 3 is 2.57 bits per heavy atom. The summed E-state index contributed by atoms with van der Waals surface area (Å²) in [6.07, 6.45) is 6.04. The Hall–Kier alpha value is -0.580. The van der Waals surface area contributed by atoms with Crippen molar-refractivity contribution in [3.63, 3.8) is 0 Å². The maximum atomic E-state index is 11.9. The fraction of sp³-hybridized carbons (Fsp3) is 0.562. The highest BCUT2D eigenvalue weighted by Gasteiger charge is 2.23. The molecule has 1 aliphatic carbocycles. The lowest BCUT2D eigenvalue weighted by Gasteiger charge is -2.27. The van der Waals surface area contributed by atoms with E-state index in [0.29, 0.717) is 18.9 Å². The Balaban J connectivity index is 0.00000220.